The van der Waals surface area contributed by atoms with Crippen LogP contribution in [0.15, 0.2) is 24.7 Å². The Bertz CT molecular complexity index is 380. The summed E-state index contributed by atoms with van der Waals surface area (Å²) < 4.78 is 1.57. The van der Waals surface area contributed by atoms with Crippen molar-refractivity contribution in [2.24, 2.45) is 0 Å². The van der Waals surface area contributed by atoms with Crippen molar-refractivity contribution in [2.75, 3.05) is 0 Å². The van der Waals surface area contributed by atoms with Crippen molar-refractivity contribution >= 4 is 0 Å². The number of aromatic nitrogens is 5. The number of rotatable bonds is 2. The molecule has 0 saturated carbocycles. The minimum absolute atomic E-state index is 0.551. The van der Waals surface area contributed by atoms with E-state index in [1.807, 2.05) is 13.1 Å². The fraction of sp³-hybridized carbons (Fsp3) is 0.250. The van der Waals surface area contributed by atoms with Crippen LogP contribution in [0.25, 0.3) is 5.95 Å². The van der Waals surface area contributed by atoms with Gasteiger partial charge in [-0.2, -0.15) is 4.68 Å². The standard InChI is InChI=1S/C8H9N5/c1-2-7-6-13(12-11-7)8-9-4-3-5-10-8/h3-6H,2H2,1H3. The third-order valence-electron chi connectivity index (χ3n) is 1.66. The lowest BCUT2D eigenvalue weighted by Crippen LogP contribution is -2.00. The molecule has 13 heavy (non-hydrogen) atoms. The Morgan fingerprint density at radius 2 is 2.08 bits per heavy atom. The molecule has 2 heterocycles. The van der Waals surface area contributed by atoms with E-state index in [4.69, 9.17) is 0 Å². The summed E-state index contributed by atoms with van der Waals surface area (Å²) in [5.41, 5.74) is 0.937. The highest BCUT2D eigenvalue weighted by Gasteiger charge is 2.01. The summed E-state index contributed by atoms with van der Waals surface area (Å²) >= 11 is 0. The largest absolute Gasteiger partial charge is 0.251 e. The predicted molar refractivity (Wildman–Crippen MR) is 46.3 cm³/mol. The van der Waals surface area contributed by atoms with Crippen molar-refractivity contribution in [3.8, 4) is 5.95 Å². The van der Waals surface area contributed by atoms with Gasteiger partial charge in [0.1, 0.15) is 0 Å². The summed E-state index contributed by atoms with van der Waals surface area (Å²) in [7, 11) is 0. The van der Waals surface area contributed by atoms with Crippen LogP contribution in [-0.2, 0) is 6.42 Å². The van der Waals surface area contributed by atoms with Crippen LogP contribution >= 0.6 is 0 Å². The van der Waals surface area contributed by atoms with Crippen LogP contribution in [0.2, 0.25) is 0 Å². The molecule has 2 aromatic rings. The van der Waals surface area contributed by atoms with Crippen molar-refractivity contribution < 1.29 is 0 Å². The van der Waals surface area contributed by atoms with Crippen molar-refractivity contribution in [3.05, 3.63) is 30.4 Å². The minimum atomic E-state index is 0.551. The first-order valence-electron chi connectivity index (χ1n) is 4.09. The summed E-state index contributed by atoms with van der Waals surface area (Å²) in [4.78, 5) is 8.09. The second-order valence-electron chi connectivity index (χ2n) is 2.56. The van der Waals surface area contributed by atoms with E-state index < -0.39 is 0 Å². The van der Waals surface area contributed by atoms with Gasteiger partial charge in [-0.3, -0.25) is 0 Å². The second kappa shape index (κ2) is 3.30. The second-order valence-corrected chi connectivity index (χ2v) is 2.56. The Kier molecular flexibility index (Phi) is 1.99. The van der Waals surface area contributed by atoms with Crippen LogP contribution in [0.5, 0.6) is 0 Å². The van der Waals surface area contributed by atoms with E-state index in [-0.39, 0.29) is 0 Å². The van der Waals surface area contributed by atoms with Gasteiger partial charge in [0.15, 0.2) is 0 Å². The van der Waals surface area contributed by atoms with E-state index in [0.29, 0.717) is 5.95 Å². The van der Waals surface area contributed by atoms with Crippen LogP contribution in [0.3, 0.4) is 0 Å². The quantitative estimate of drug-likeness (QED) is 0.671. The lowest BCUT2D eigenvalue weighted by molar-refractivity contribution is 0.752. The van der Waals surface area contributed by atoms with Crippen LogP contribution < -0.4 is 0 Å². The van der Waals surface area contributed by atoms with Crippen molar-refractivity contribution in [3.63, 3.8) is 0 Å². The van der Waals surface area contributed by atoms with Crippen LogP contribution in [0.1, 0.15) is 12.6 Å². The number of nitrogens with zero attached hydrogens (tertiary/aromatic N) is 5. The summed E-state index contributed by atoms with van der Waals surface area (Å²) in [6.07, 6.45) is 6.05. The maximum atomic E-state index is 4.05. The summed E-state index contributed by atoms with van der Waals surface area (Å²) in [5, 5.41) is 7.84. The summed E-state index contributed by atoms with van der Waals surface area (Å²) in [6.45, 7) is 2.03. The molecule has 0 aromatic carbocycles. The normalized spacial score (nSPS) is 10.2. The highest BCUT2D eigenvalue weighted by Crippen LogP contribution is 1.98. The monoisotopic (exact) mass is 175 g/mol. The third kappa shape index (κ3) is 1.53. The van der Waals surface area contributed by atoms with Gasteiger partial charge < -0.3 is 0 Å². The van der Waals surface area contributed by atoms with Gasteiger partial charge in [-0.1, -0.05) is 12.1 Å². The van der Waals surface area contributed by atoms with Gasteiger partial charge in [-0.15, -0.1) is 5.10 Å². The Balaban J connectivity index is 2.36. The summed E-state index contributed by atoms with van der Waals surface area (Å²) in [6, 6.07) is 1.77. The first kappa shape index (κ1) is 7.85. The first-order chi connectivity index (χ1) is 6.40. The lowest BCUT2D eigenvalue weighted by atomic mass is 10.4. The van der Waals surface area contributed by atoms with Gasteiger partial charge in [0.05, 0.1) is 11.9 Å². The van der Waals surface area contributed by atoms with E-state index in [0.717, 1.165) is 12.1 Å². The van der Waals surface area contributed by atoms with Crippen LogP contribution in [-0.4, -0.2) is 25.0 Å². The van der Waals surface area contributed by atoms with Gasteiger partial charge in [0.2, 0.25) is 0 Å². The highest BCUT2D eigenvalue weighted by molar-refractivity contribution is 5.08. The molecule has 0 bridgehead atoms. The molecule has 2 aromatic heterocycles. The molecule has 66 valence electrons. The zero-order chi connectivity index (χ0) is 9.10. The van der Waals surface area contributed by atoms with Crippen molar-refractivity contribution in [1.82, 2.24) is 25.0 Å². The molecule has 0 aliphatic carbocycles. The predicted octanol–water partition coefficient (Wildman–Crippen LogP) is 0.620. The molecule has 0 spiro atoms. The van der Waals surface area contributed by atoms with E-state index in [2.05, 4.69) is 20.3 Å². The fourth-order valence-electron chi connectivity index (χ4n) is 0.968. The van der Waals surface area contributed by atoms with E-state index in [1.54, 1.807) is 23.1 Å². The third-order valence-corrected chi connectivity index (χ3v) is 1.66. The molecule has 0 amide bonds. The van der Waals surface area contributed by atoms with Gasteiger partial charge >= 0.3 is 0 Å². The number of aryl methyl sites for hydroxylation is 1. The smallest absolute Gasteiger partial charge is 0.220 e. The molecule has 2 rings (SSSR count). The molecular weight excluding hydrogens is 166 g/mol. The molecule has 0 aliphatic heterocycles. The van der Waals surface area contributed by atoms with Gasteiger partial charge in [0, 0.05) is 12.4 Å². The maximum absolute atomic E-state index is 4.05. The van der Waals surface area contributed by atoms with E-state index in [9.17, 15) is 0 Å². The van der Waals surface area contributed by atoms with E-state index in [1.165, 1.54) is 0 Å². The van der Waals surface area contributed by atoms with Gasteiger partial charge in [-0.25, -0.2) is 9.97 Å². The van der Waals surface area contributed by atoms with Crippen molar-refractivity contribution in [2.45, 2.75) is 13.3 Å². The SMILES string of the molecule is CCc1cn(-c2ncccn2)nn1. The zero-order valence-electron chi connectivity index (χ0n) is 7.25. The molecule has 0 unspecified atom stereocenters. The minimum Gasteiger partial charge on any atom is -0.220 e. The molecule has 5 heteroatoms. The number of hydrogen-bond acceptors (Lipinski definition) is 4. The highest BCUT2D eigenvalue weighted by atomic mass is 15.5. The average molecular weight is 175 g/mol. The molecule has 0 N–H and O–H groups in total. The fourth-order valence-corrected chi connectivity index (χ4v) is 0.968. The molecule has 5 nitrogen and oxygen atoms in total. The number of hydrogen-bond donors (Lipinski definition) is 0. The van der Waals surface area contributed by atoms with Crippen LogP contribution in [0.4, 0.5) is 0 Å². The maximum Gasteiger partial charge on any atom is 0.251 e. The molecule has 0 atom stereocenters. The zero-order valence-corrected chi connectivity index (χ0v) is 7.25. The molecule has 0 fully saturated rings. The summed E-state index contributed by atoms with van der Waals surface area (Å²) in [5.74, 6) is 0.551. The first-order valence-corrected chi connectivity index (χ1v) is 4.09. The Morgan fingerprint density at radius 3 is 2.69 bits per heavy atom. The van der Waals surface area contributed by atoms with Gasteiger partial charge in [-0.05, 0) is 12.5 Å². The molecular formula is C8H9N5. The molecule has 0 radical (unpaired) electrons. The molecule has 0 aliphatic rings. The molecule has 0 saturated heterocycles. The van der Waals surface area contributed by atoms with Crippen molar-refractivity contribution in [1.29, 1.82) is 0 Å². The Labute approximate surface area is 75.5 Å². The topological polar surface area (TPSA) is 56.5 Å². The lowest BCUT2D eigenvalue weighted by Gasteiger charge is -1.93. The van der Waals surface area contributed by atoms with E-state index >= 15 is 0 Å². The van der Waals surface area contributed by atoms with Crippen LogP contribution in [0, 0.1) is 0 Å². The average Bonchev–Trinajstić information content (AvgIpc) is 2.67. The van der Waals surface area contributed by atoms with Gasteiger partial charge in [0.25, 0.3) is 5.95 Å². The Hall–Kier alpha value is -1.78. The Morgan fingerprint density at radius 1 is 1.31 bits per heavy atom.